The summed E-state index contributed by atoms with van der Waals surface area (Å²) in [5.74, 6) is 1.41. The van der Waals surface area contributed by atoms with Gasteiger partial charge in [-0.05, 0) is 31.6 Å². The zero-order valence-electron chi connectivity index (χ0n) is 12.0. The van der Waals surface area contributed by atoms with Crippen molar-refractivity contribution >= 4 is 5.97 Å². The monoisotopic (exact) mass is 253 g/mol. The predicted molar refractivity (Wildman–Crippen MR) is 72.2 cm³/mol. The van der Waals surface area contributed by atoms with Crippen molar-refractivity contribution in [3.8, 4) is 0 Å². The van der Waals surface area contributed by atoms with Crippen LogP contribution in [0.1, 0.15) is 46.5 Å². The van der Waals surface area contributed by atoms with E-state index in [9.17, 15) is 4.79 Å². The number of hydrogen-bond acceptors (Lipinski definition) is 3. The maximum atomic E-state index is 12.2. The van der Waals surface area contributed by atoms with Crippen LogP contribution in [0.25, 0.3) is 0 Å². The lowest BCUT2D eigenvalue weighted by molar-refractivity contribution is -0.154. The Morgan fingerprint density at radius 3 is 2.89 bits per heavy atom. The fraction of sp³-hybridized carbons (Fsp3) is 0.933. The molecule has 104 valence electrons. The molecule has 1 spiro atoms. The average Bonchev–Trinajstić information content (AvgIpc) is 2.74. The molecule has 0 radical (unpaired) electrons. The summed E-state index contributed by atoms with van der Waals surface area (Å²) in [4.78, 5) is 12.2. The molecule has 2 aliphatic rings. The molecule has 3 atom stereocenters. The summed E-state index contributed by atoms with van der Waals surface area (Å²) in [7, 11) is 0. The molecule has 1 aliphatic heterocycles. The molecule has 2 fully saturated rings. The van der Waals surface area contributed by atoms with Crippen LogP contribution in [0.5, 0.6) is 0 Å². The van der Waals surface area contributed by atoms with E-state index < -0.39 is 0 Å². The normalized spacial score (nSPS) is 36.2. The summed E-state index contributed by atoms with van der Waals surface area (Å²) in [6.45, 7) is 8.81. The zero-order valence-corrected chi connectivity index (χ0v) is 12.0. The molecule has 3 nitrogen and oxygen atoms in total. The van der Waals surface area contributed by atoms with Crippen LogP contribution in [-0.4, -0.2) is 25.7 Å². The van der Waals surface area contributed by atoms with E-state index in [-0.39, 0.29) is 17.3 Å². The van der Waals surface area contributed by atoms with Gasteiger partial charge in [-0.1, -0.05) is 26.7 Å². The van der Waals surface area contributed by atoms with Crippen molar-refractivity contribution in [2.24, 2.45) is 23.2 Å². The van der Waals surface area contributed by atoms with Crippen molar-refractivity contribution in [3.05, 3.63) is 0 Å². The second kappa shape index (κ2) is 5.60. The Kier molecular flexibility index (Phi) is 4.31. The Labute approximate surface area is 111 Å². The maximum absolute atomic E-state index is 12.2. The first-order chi connectivity index (χ1) is 8.62. The van der Waals surface area contributed by atoms with E-state index in [2.05, 4.69) is 19.2 Å². The molecule has 0 amide bonds. The number of hydrogen-bond donors (Lipinski definition) is 1. The smallest absolute Gasteiger partial charge is 0.310 e. The molecule has 0 bridgehead atoms. The molecule has 0 aromatic rings. The minimum absolute atomic E-state index is 0.0232. The molecular formula is C15H27NO2. The molecular weight excluding hydrogens is 226 g/mol. The first kappa shape index (κ1) is 13.9. The predicted octanol–water partition coefficient (Wildman–Crippen LogP) is 2.60. The van der Waals surface area contributed by atoms with Crippen molar-refractivity contribution in [2.45, 2.75) is 46.5 Å². The highest BCUT2D eigenvalue weighted by Gasteiger charge is 2.53. The Bertz CT molecular complexity index is 303. The molecule has 1 heterocycles. The first-order valence-corrected chi connectivity index (χ1v) is 7.49. The number of nitrogens with one attached hydrogen (secondary N) is 1. The van der Waals surface area contributed by atoms with E-state index in [1.54, 1.807) is 0 Å². The van der Waals surface area contributed by atoms with Crippen LogP contribution >= 0.6 is 0 Å². The van der Waals surface area contributed by atoms with Crippen molar-refractivity contribution < 1.29 is 9.53 Å². The Balaban J connectivity index is 2.22. The van der Waals surface area contributed by atoms with Gasteiger partial charge in [0.1, 0.15) is 0 Å². The standard InChI is InChI=1S/C15H27NO2/c1-4-18-14(17)13-9-16-10-15(13)8-6-5-7-12(15)11(2)3/h11-13,16H,4-10H2,1-3H3. The molecule has 1 saturated carbocycles. The summed E-state index contributed by atoms with van der Waals surface area (Å²) in [5, 5.41) is 3.46. The van der Waals surface area contributed by atoms with Gasteiger partial charge < -0.3 is 10.1 Å². The summed E-state index contributed by atoms with van der Waals surface area (Å²) in [5.41, 5.74) is 0.165. The van der Waals surface area contributed by atoms with Gasteiger partial charge >= 0.3 is 5.97 Å². The lowest BCUT2D eigenvalue weighted by Gasteiger charge is -2.46. The van der Waals surface area contributed by atoms with E-state index in [4.69, 9.17) is 4.74 Å². The van der Waals surface area contributed by atoms with E-state index in [0.717, 1.165) is 13.1 Å². The fourth-order valence-electron chi connectivity index (χ4n) is 4.28. The van der Waals surface area contributed by atoms with Crippen molar-refractivity contribution in [1.29, 1.82) is 0 Å². The number of esters is 1. The van der Waals surface area contributed by atoms with Gasteiger partial charge in [0, 0.05) is 18.5 Å². The van der Waals surface area contributed by atoms with Gasteiger partial charge in [-0.3, -0.25) is 4.79 Å². The van der Waals surface area contributed by atoms with E-state index >= 15 is 0 Å². The largest absolute Gasteiger partial charge is 0.466 e. The molecule has 0 aromatic carbocycles. The zero-order chi connectivity index (χ0) is 13.2. The number of carbonyl (C=O) groups is 1. The topological polar surface area (TPSA) is 38.3 Å². The highest BCUT2D eigenvalue weighted by molar-refractivity contribution is 5.74. The summed E-state index contributed by atoms with van der Waals surface area (Å²) in [6.07, 6.45) is 5.04. The van der Waals surface area contributed by atoms with Crippen LogP contribution in [0.2, 0.25) is 0 Å². The molecule has 0 aromatic heterocycles. The van der Waals surface area contributed by atoms with Gasteiger partial charge in [0.2, 0.25) is 0 Å². The lowest BCUT2D eigenvalue weighted by Crippen LogP contribution is -2.46. The number of rotatable bonds is 3. The Morgan fingerprint density at radius 1 is 1.44 bits per heavy atom. The van der Waals surface area contributed by atoms with E-state index in [1.807, 2.05) is 6.92 Å². The second-order valence-electron chi connectivity index (χ2n) is 6.26. The van der Waals surface area contributed by atoms with Crippen LogP contribution in [0.3, 0.4) is 0 Å². The van der Waals surface area contributed by atoms with Gasteiger partial charge in [0.15, 0.2) is 0 Å². The molecule has 1 N–H and O–H groups in total. The lowest BCUT2D eigenvalue weighted by atomic mass is 9.58. The van der Waals surface area contributed by atoms with Gasteiger partial charge in [-0.15, -0.1) is 0 Å². The fourth-order valence-corrected chi connectivity index (χ4v) is 4.28. The molecule has 3 unspecified atom stereocenters. The number of ether oxygens (including phenoxy) is 1. The van der Waals surface area contributed by atoms with Gasteiger partial charge in [-0.25, -0.2) is 0 Å². The van der Waals surface area contributed by atoms with Crippen molar-refractivity contribution in [3.63, 3.8) is 0 Å². The molecule has 18 heavy (non-hydrogen) atoms. The quantitative estimate of drug-likeness (QED) is 0.786. The van der Waals surface area contributed by atoms with E-state index in [0.29, 0.717) is 18.4 Å². The molecule has 1 aliphatic carbocycles. The Hall–Kier alpha value is -0.570. The molecule has 2 rings (SSSR count). The van der Waals surface area contributed by atoms with Crippen LogP contribution in [-0.2, 0) is 9.53 Å². The third-order valence-corrected chi connectivity index (χ3v) is 5.02. The SMILES string of the molecule is CCOC(=O)C1CNCC12CCCCC2C(C)C. The van der Waals surface area contributed by atoms with Crippen molar-refractivity contribution in [1.82, 2.24) is 5.32 Å². The van der Waals surface area contributed by atoms with Crippen LogP contribution in [0.4, 0.5) is 0 Å². The summed E-state index contributed by atoms with van der Waals surface area (Å²) >= 11 is 0. The third kappa shape index (κ3) is 2.29. The molecule has 3 heteroatoms. The highest BCUT2D eigenvalue weighted by atomic mass is 16.5. The average molecular weight is 253 g/mol. The highest BCUT2D eigenvalue weighted by Crippen LogP contribution is 2.51. The van der Waals surface area contributed by atoms with Gasteiger partial charge in [-0.2, -0.15) is 0 Å². The third-order valence-electron chi connectivity index (χ3n) is 5.02. The maximum Gasteiger partial charge on any atom is 0.310 e. The molecule has 1 saturated heterocycles. The summed E-state index contributed by atoms with van der Waals surface area (Å²) in [6, 6.07) is 0. The Morgan fingerprint density at radius 2 is 2.22 bits per heavy atom. The summed E-state index contributed by atoms with van der Waals surface area (Å²) < 4.78 is 5.30. The minimum Gasteiger partial charge on any atom is -0.466 e. The number of carbonyl (C=O) groups excluding carboxylic acids is 1. The van der Waals surface area contributed by atoms with Gasteiger partial charge in [0.25, 0.3) is 0 Å². The van der Waals surface area contributed by atoms with Gasteiger partial charge in [0.05, 0.1) is 12.5 Å². The second-order valence-corrected chi connectivity index (χ2v) is 6.26. The van der Waals surface area contributed by atoms with E-state index in [1.165, 1.54) is 25.7 Å². The van der Waals surface area contributed by atoms with Crippen LogP contribution in [0, 0.1) is 23.2 Å². The van der Waals surface area contributed by atoms with Crippen LogP contribution < -0.4 is 5.32 Å². The van der Waals surface area contributed by atoms with Crippen molar-refractivity contribution in [2.75, 3.05) is 19.7 Å². The minimum atomic E-state index is 0.0232. The van der Waals surface area contributed by atoms with Crippen LogP contribution in [0.15, 0.2) is 0 Å². The first-order valence-electron chi connectivity index (χ1n) is 7.49.